The lowest BCUT2D eigenvalue weighted by molar-refractivity contribution is 0.210. The Morgan fingerprint density at radius 2 is 2.29 bits per heavy atom. The lowest BCUT2D eigenvalue weighted by atomic mass is 10.2. The second-order valence-corrected chi connectivity index (χ2v) is 4.70. The highest BCUT2D eigenvalue weighted by Gasteiger charge is 2.33. The quantitative estimate of drug-likeness (QED) is 0.671. The van der Waals surface area contributed by atoms with Crippen LogP contribution in [0.5, 0.6) is 0 Å². The van der Waals surface area contributed by atoms with Crippen LogP contribution >= 0.6 is 0 Å². The topological polar surface area (TPSA) is 15.3 Å². The molecular weight excluding hydrogens is 172 g/mol. The average Bonchev–Trinajstić information content (AvgIpc) is 2.92. The van der Waals surface area contributed by atoms with Crippen molar-refractivity contribution in [3.63, 3.8) is 0 Å². The molecule has 0 aromatic rings. The van der Waals surface area contributed by atoms with Crippen molar-refractivity contribution in [2.24, 2.45) is 0 Å². The number of nitrogens with one attached hydrogen (secondary N) is 1. The third-order valence-corrected chi connectivity index (χ3v) is 3.47. The first-order valence-electron chi connectivity index (χ1n) is 5.93. The first-order valence-corrected chi connectivity index (χ1v) is 5.93. The van der Waals surface area contributed by atoms with Gasteiger partial charge >= 0.3 is 0 Å². The van der Waals surface area contributed by atoms with Crippen LogP contribution in [0.4, 0.5) is 0 Å². The number of rotatable bonds is 5. The van der Waals surface area contributed by atoms with E-state index in [0.29, 0.717) is 6.04 Å². The summed E-state index contributed by atoms with van der Waals surface area (Å²) in [5, 5.41) is 3.57. The predicted molar refractivity (Wildman–Crippen MR) is 60.4 cm³/mol. The Labute approximate surface area is 87.4 Å². The average molecular weight is 194 g/mol. The minimum atomic E-state index is 0.546. The molecule has 1 heterocycles. The van der Waals surface area contributed by atoms with E-state index in [0.717, 1.165) is 12.1 Å². The largest absolute Gasteiger partial charge is 0.313 e. The van der Waals surface area contributed by atoms with Gasteiger partial charge in [0.2, 0.25) is 0 Å². The van der Waals surface area contributed by atoms with Crippen molar-refractivity contribution in [3.05, 3.63) is 12.7 Å². The van der Waals surface area contributed by atoms with Gasteiger partial charge in [-0.15, -0.1) is 6.58 Å². The van der Waals surface area contributed by atoms with E-state index < -0.39 is 0 Å². The maximum absolute atomic E-state index is 3.90. The second-order valence-electron chi connectivity index (χ2n) is 4.70. The van der Waals surface area contributed by atoms with Gasteiger partial charge in [-0.3, -0.25) is 4.90 Å². The second kappa shape index (κ2) is 4.45. The minimum absolute atomic E-state index is 0.546. The van der Waals surface area contributed by atoms with Gasteiger partial charge in [-0.05, 0) is 39.2 Å². The van der Waals surface area contributed by atoms with Gasteiger partial charge in [-0.25, -0.2) is 0 Å². The highest BCUT2D eigenvalue weighted by atomic mass is 15.2. The SMILES string of the molecule is C=CC(C)N(CC1CCCN1)C1CC1. The lowest BCUT2D eigenvalue weighted by Crippen LogP contribution is -2.42. The molecular formula is C12H22N2. The van der Waals surface area contributed by atoms with Gasteiger partial charge in [0, 0.05) is 24.7 Å². The zero-order chi connectivity index (χ0) is 9.97. The van der Waals surface area contributed by atoms with E-state index >= 15 is 0 Å². The summed E-state index contributed by atoms with van der Waals surface area (Å²) in [6.45, 7) is 8.60. The predicted octanol–water partition coefficient (Wildman–Crippen LogP) is 1.78. The van der Waals surface area contributed by atoms with Crippen molar-refractivity contribution in [2.45, 2.75) is 50.7 Å². The van der Waals surface area contributed by atoms with Gasteiger partial charge in [-0.2, -0.15) is 0 Å². The fraction of sp³-hybridized carbons (Fsp3) is 0.833. The molecule has 1 saturated heterocycles. The summed E-state index contributed by atoms with van der Waals surface area (Å²) in [5.41, 5.74) is 0. The van der Waals surface area contributed by atoms with Crippen molar-refractivity contribution in [2.75, 3.05) is 13.1 Å². The summed E-state index contributed by atoms with van der Waals surface area (Å²) in [5.74, 6) is 0. The van der Waals surface area contributed by atoms with Crippen LogP contribution in [-0.4, -0.2) is 36.1 Å². The Hall–Kier alpha value is -0.340. The molecule has 0 amide bonds. The molecule has 80 valence electrons. The van der Waals surface area contributed by atoms with E-state index in [1.54, 1.807) is 0 Å². The van der Waals surface area contributed by atoms with Crippen LogP contribution < -0.4 is 5.32 Å². The first kappa shape index (κ1) is 10.2. The molecule has 0 aromatic carbocycles. The molecule has 2 nitrogen and oxygen atoms in total. The van der Waals surface area contributed by atoms with Crippen molar-refractivity contribution < 1.29 is 0 Å². The standard InChI is InChI=1S/C12H22N2/c1-3-10(2)14(12-6-7-12)9-11-5-4-8-13-11/h3,10-13H,1,4-9H2,2H3. The molecule has 14 heavy (non-hydrogen) atoms. The first-order chi connectivity index (χ1) is 6.81. The van der Waals surface area contributed by atoms with E-state index in [1.165, 1.54) is 38.8 Å². The van der Waals surface area contributed by atoms with Crippen LogP contribution in [-0.2, 0) is 0 Å². The Balaban J connectivity index is 1.86. The smallest absolute Gasteiger partial charge is 0.0250 e. The zero-order valence-corrected chi connectivity index (χ0v) is 9.21. The number of hydrogen-bond acceptors (Lipinski definition) is 2. The summed E-state index contributed by atoms with van der Waals surface area (Å²) in [4.78, 5) is 2.62. The molecule has 1 saturated carbocycles. The van der Waals surface area contributed by atoms with Gasteiger partial charge in [0.1, 0.15) is 0 Å². The van der Waals surface area contributed by atoms with E-state index in [1.807, 2.05) is 0 Å². The Morgan fingerprint density at radius 1 is 1.50 bits per heavy atom. The van der Waals surface area contributed by atoms with E-state index in [4.69, 9.17) is 0 Å². The highest BCUT2D eigenvalue weighted by molar-refractivity contribution is 4.95. The Morgan fingerprint density at radius 3 is 2.79 bits per heavy atom. The Bertz CT molecular complexity index is 192. The molecule has 1 aliphatic heterocycles. The van der Waals surface area contributed by atoms with E-state index in [9.17, 15) is 0 Å². The third kappa shape index (κ3) is 2.37. The Kier molecular flexibility index (Phi) is 3.24. The van der Waals surface area contributed by atoms with Crippen molar-refractivity contribution >= 4 is 0 Å². The molecule has 0 radical (unpaired) electrons. The fourth-order valence-electron chi connectivity index (χ4n) is 2.36. The summed E-state index contributed by atoms with van der Waals surface area (Å²) in [6, 6.07) is 2.13. The number of nitrogens with zero attached hydrogens (tertiary/aromatic N) is 1. The minimum Gasteiger partial charge on any atom is -0.313 e. The van der Waals surface area contributed by atoms with E-state index in [2.05, 4.69) is 29.8 Å². The number of hydrogen-bond donors (Lipinski definition) is 1. The monoisotopic (exact) mass is 194 g/mol. The molecule has 2 unspecified atom stereocenters. The molecule has 0 spiro atoms. The molecule has 2 heteroatoms. The summed E-state index contributed by atoms with van der Waals surface area (Å²) >= 11 is 0. The van der Waals surface area contributed by atoms with Gasteiger partial charge in [-0.1, -0.05) is 6.08 Å². The molecule has 2 fully saturated rings. The molecule has 1 aliphatic carbocycles. The third-order valence-electron chi connectivity index (χ3n) is 3.47. The van der Waals surface area contributed by atoms with Crippen molar-refractivity contribution in [3.8, 4) is 0 Å². The van der Waals surface area contributed by atoms with Gasteiger partial charge in [0.25, 0.3) is 0 Å². The zero-order valence-electron chi connectivity index (χ0n) is 9.21. The van der Waals surface area contributed by atoms with Crippen LogP contribution in [0, 0.1) is 0 Å². The van der Waals surface area contributed by atoms with Crippen LogP contribution in [0.3, 0.4) is 0 Å². The van der Waals surface area contributed by atoms with Crippen LogP contribution in [0.25, 0.3) is 0 Å². The molecule has 0 bridgehead atoms. The molecule has 2 aliphatic rings. The van der Waals surface area contributed by atoms with Gasteiger partial charge < -0.3 is 5.32 Å². The summed E-state index contributed by atoms with van der Waals surface area (Å²) in [6.07, 6.45) is 7.57. The van der Waals surface area contributed by atoms with Crippen LogP contribution in [0.15, 0.2) is 12.7 Å². The molecule has 2 atom stereocenters. The van der Waals surface area contributed by atoms with Crippen LogP contribution in [0.1, 0.15) is 32.6 Å². The summed E-state index contributed by atoms with van der Waals surface area (Å²) in [7, 11) is 0. The summed E-state index contributed by atoms with van der Waals surface area (Å²) < 4.78 is 0. The normalized spacial score (nSPS) is 29.4. The van der Waals surface area contributed by atoms with E-state index in [-0.39, 0.29) is 0 Å². The fourth-order valence-corrected chi connectivity index (χ4v) is 2.36. The maximum Gasteiger partial charge on any atom is 0.0250 e. The van der Waals surface area contributed by atoms with Crippen LogP contribution in [0.2, 0.25) is 0 Å². The lowest BCUT2D eigenvalue weighted by Gasteiger charge is -2.29. The van der Waals surface area contributed by atoms with Crippen molar-refractivity contribution in [1.29, 1.82) is 0 Å². The molecule has 2 rings (SSSR count). The van der Waals surface area contributed by atoms with Gasteiger partial charge in [0.05, 0.1) is 0 Å². The molecule has 0 aromatic heterocycles. The van der Waals surface area contributed by atoms with Crippen molar-refractivity contribution in [1.82, 2.24) is 10.2 Å². The van der Waals surface area contributed by atoms with Gasteiger partial charge in [0.15, 0.2) is 0 Å². The highest BCUT2D eigenvalue weighted by Crippen LogP contribution is 2.29. The maximum atomic E-state index is 3.90. The molecule has 1 N–H and O–H groups in total.